The Hall–Kier alpha value is -4.67. The van der Waals surface area contributed by atoms with Crippen molar-refractivity contribution < 1.29 is 33.3 Å². The third kappa shape index (κ3) is 5.82. The van der Waals surface area contributed by atoms with E-state index in [0.717, 1.165) is 4.68 Å². The number of amides is 1. The van der Waals surface area contributed by atoms with Gasteiger partial charge >= 0.3 is 5.97 Å². The molecule has 2 heterocycles. The van der Waals surface area contributed by atoms with Crippen molar-refractivity contribution in [1.29, 1.82) is 0 Å². The minimum atomic E-state index is -0.893. The summed E-state index contributed by atoms with van der Waals surface area (Å²) in [5.74, 6) is -0.449. The number of nitrogens with zero attached hydrogens (tertiary/aromatic N) is 2. The Morgan fingerprint density at radius 3 is 2.54 bits per heavy atom. The number of benzene rings is 2. The number of nitrogens with one attached hydrogen (secondary N) is 1. The number of anilines is 1. The lowest BCUT2D eigenvalue weighted by molar-refractivity contribution is -0.119. The number of carbonyl (C=O) groups excluding carboxylic acids is 3. The highest BCUT2D eigenvalue weighted by Gasteiger charge is 2.21. The molecule has 0 atom stereocenters. The summed E-state index contributed by atoms with van der Waals surface area (Å²) in [7, 11) is 0. The number of hydrogen-bond acceptors (Lipinski definition) is 9. The largest absolute Gasteiger partial charge is 0.492 e. The fourth-order valence-corrected chi connectivity index (χ4v) is 3.21. The molecule has 180 valence electrons. The molecule has 0 saturated carbocycles. The number of aromatic nitrogens is 2. The van der Waals surface area contributed by atoms with E-state index in [1.165, 1.54) is 31.2 Å². The Morgan fingerprint density at radius 1 is 1.06 bits per heavy atom. The molecule has 0 spiro atoms. The number of hydrogen-bond donors (Lipinski definition) is 1. The van der Waals surface area contributed by atoms with Crippen molar-refractivity contribution in [3.8, 4) is 17.2 Å². The maximum atomic E-state index is 12.4. The Morgan fingerprint density at radius 2 is 1.80 bits per heavy atom. The SMILES string of the molecule is CC(=O)c1cc2c(cc1NC(=O)COC(=O)c1ccc(=O)n(CCOc3ccccc3)n1)OCO2. The van der Waals surface area contributed by atoms with Crippen molar-refractivity contribution in [3.05, 3.63) is 76.2 Å². The average molecular weight is 479 g/mol. The van der Waals surface area contributed by atoms with Gasteiger partial charge in [-0.1, -0.05) is 18.2 Å². The van der Waals surface area contributed by atoms with E-state index < -0.39 is 24.0 Å². The van der Waals surface area contributed by atoms with Crippen LogP contribution < -0.4 is 25.1 Å². The van der Waals surface area contributed by atoms with Gasteiger partial charge < -0.3 is 24.3 Å². The van der Waals surface area contributed by atoms with E-state index in [9.17, 15) is 19.2 Å². The molecule has 35 heavy (non-hydrogen) atoms. The van der Waals surface area contributed by atoms with Gasteiger partial charge in [0, 0.05) is 17.7 Å². The van der Waals surface area contributed by atoms with Crippen LogP contribution in [0.5, 0.6) is 17.2 Å². The zero-order chi connectivity index (χ0) is 24.8. The Kier molecular flexibility index (Phi) is 7.05. The molecule has 0 fully saturated rings. The first-order valence-corrected chi connectivity index (χ1v) is 10.6. The van der Waals surface area contributed by atoms with Crippen LogP contribution in [0.3, 0.4) is 0 Å². The predicted molar refractivity (Wildman–Crippen MR) is 122 cm³/mol. The maximum absolute atomic E-state index is 12.4. The number of esters is 1. The molecule has 1 amide bonds. The van der Waals surface area contributed by atoms with Gasteiger partial charge in [-0.15, -0.1) is 0 Å². The monoisotopic (exact) mass is 479 g/mol. The number of Topliss-reactive ketones (excluding diaryl/α,β-unsaturated/α-hetero) is 1. The van der Waals surface area contributed by atoms with Crippen LogP contribution in [0, 0.1) is 0 Å². The van der Waals surface area contributed by atoms with Crippen LogP contribution in [0.25, 0.3) is 0 Å². The first-order chi connectivity index (χ1) is 16.9. The van der Waals surface area contributed by atoms with Crippen molar-refractivity contribution in [3.63, 3.8) is 0 Å². The first-order valence-electron chi connectivity index (χ1n) is 10.6. The summed E-state index contributed by atoms with van der Waals surface area (Å²) in [6.07, 6.45) is 0. The van der Waals surface area contributed by atoms with Crippen LogP contribution in [0.1, 0.15) is 27.8 Å². The third-order valence-corrected chi connectivity index (χ3v) is 4.89. The van der Waals surface area contributed by atoms with Gasteiger partial charge in [-0.25, -0.2) is 9.48 Å². The molecule has 0 unspecified atom stereocenters. The van der Waals surface area contributed by atoms with Gasteiger partial charge in [-0.2, -0.15) is 5.10 Å². The van der Waals surface area contributed by atoms with E-state index in [1.807, 2.05) is 18.2 Å². The van der Waals surface area contributed by atoms with E-state index in [2.05, 4.69) is 10.4 Å². The fourth-order valence-electron chi connectivity index (χ4n) is 3.21. The van der Waals surface area contributed by atoms with Crippen LogP contribution >= 0.6 is 0 Å². The van der Waals surface area contributed by atoms with Crippen molar-refractivity contribution in [2.75, 3.05) is 25.3 Å². The molecule has 0 aliphatic carbocycles. The number of ether oxygens (including phenoxy) is 4. The molecule has 0 bridgehead atoms. The van der Waals surface area contributed by atoms with Gasteiger partial charge in [0.05, 0.1) is 12.2 Å². The van der Waals surface area contributed by atoms with Gasteiger partial charge in [0.1, 0.15) is 12.4 Å². The molecule has 1 N–H and O–H groups in total. The lowest BCUT2D eigenvalue weighted by atomic mass is 10.1. The standard InChI is InChI=1S/C24H21N3O8/c1-15(28)17-11-20-21(35-14-34-20)12-19(17)25-22(29)13-33-24(31)18-7-8-23(30)27(26-18)9-10-32-16-5-3-2-4-6-16/h2-8,11-12H,9-10,13-14H2,1H3,(H,25,29). The molecule has 3 aromatic rings. The summed E-state index contributed by atoms with van der Waals surface area (Å²) in [5, 5.41) is 6.51. The van der Waals surface area contributed by atoms with Gasteiger partial charge in [0.25, 0.3) is 11.5 Å². The topological polar surface area (TPSA) is 135 Å². The molecule has 4 rings (SSSR count). The number of ketones is 1. The normalized spacial score (nSPS) is 11.6. The molecule has 1 aliphatic heterocycles. The molecule has 2 aromatic carbocycles. The van der Waals surface area contributed by atoms with Gasteiger partial charge in [0.2, 0.25) is 6.79 Å². The van der Waals surface area contributed by atoms with E-state index in [0.29, 0.717) is 17.2 Å². The van der Waals surface area contributed by atoms with Crippen molar-refractivity contribution in [2.24, 2.45) is 0 Å². The smallest absolute Gasteiger partial charge is 0.359 e. The zero-order valence-corrected chi connectivity index (χ0v) is 18.7. The number of rotatable bonds is 9. The molecule has 11 heteroatoms. The molecular weight excluding hydrogens is 458 g/mol. The summed E-state index contributed by atoms with van der Waals surface area (Å²) in [6.45, 7) is 0.982. The van der Waals surface area contributed by atoms with E-state index >= 15 is 0 Å². The average Bonchev–Trinajstić information content (AvgIpc) is 3.31. The Labute approximate surface area is 199 Å². The van der Waals surface area contributed by atoms with Gasteiger partial charge in [0.15, 0.2) is 29.6 Å². The van der Waals surface area contributed by atoms with Crippen LogP contribution in [0.15, 0.2) is 59.4 Å². The van der Waals surface area contributed by atoms with E-state index in [-0.39, 0.29) is 42.7 Å². The number of para-hydroxylation sites is 1. The van der Waals surface area contributed by atoms with E-state index in [4.69, 9.17) is 18.9 Å². The molecule has 11 nitrogen and oxygen atoms in total. The summed E-state index contributed by atoms with van der Waals surface area (Å²) in [6, 6.07) is 14.4. The second-order valence-corrected chi connectivity index (χ2v) is 7.37. The summed E-state index contributed by atoms with van der Waals surface area (Å²) < 4.78 is 22.2. The summed E-state index contributed by atoms with van der Waals surface area (Å²) in [5.41, 5.74) is -0.145. The quantitative estimate of drug-likeness (QED) is 0.361. The second kappa shape index (κ2) is 10.5. The highest BCUT2D eigenvalue weighted by Crippen LogP contribution is 2.37. The number of carbonyl (C=O) groups is 3. The van der Waals surface area contributed by atoms with Crippen molar-refractivity contribution in [2.45, 2.75) is 13.5 Å². The molecule has 0 saturated heterocycles. The lowest BCUT2D eigenvalue weighted by Gasteiger charge is -2.11. The predicted octanol–water partition coefficient (Wildman–Crippen LogP) is 2.05. The first kappa shape index (κ1) is 23.5. The zero-order valence-electron chi connectivity index (χ0n) is 18.7. The second-order valence-electron chi connectivity index (χ2n) is 7.37. The van der Waals surface area contributed by atoms with Crippen LogP contribution in [-0.2, 0) is 16.1 Å². The fraction of sp³-hybridized carbons (Fsp3) is 0.208. The summed E-state index contributed by atoms with van der Waals surface area (Å²) in [4.78, 5) is 48.7. The van der Waals surface area contributed by atoms with Crippen LogP contribution in [0.2, 0.25) is 0 Å². The van der Waals surface area contributed by atoms with Crippen molar-refractivity contribution in [1.82, 2.24) is 9.78 Å². The molecule has 1 aliphatic rings. The third-order valence-electron chi connectivity index (χ3n) is 4.89. The van der Waals surface area contributed by atoms with Gasteiger partial charge in [-0.05, 0) is 31.2 Å². The Bertz CT molecular complexity index is 1320. The maximum Gasteiger partial charge on any atom is 0.359 e. The molecule has 0 radical (unpaired) electrons. The minimum absolute atomic E-state index is 0.00915. The molecule has 1 aromatic heterocycles. The van der Waals surface area contributed by atoms with Crippen LogP contribution in [0.4, 0.5) is 5.69 Å². The highest BCUT2D eigenvalue weighted by atomic mass is 16.7. The number of fused-ring (bicyclic) bond motifs is 1. The highest BCUT2D eigenvalue weighted by molar-refractivity contribution is 6.05. The van der Waals surface area contributed by atoms with Gasteiger partial charge in [-0.3, -0.25) is 14.4 Å². The van der Waals surface area contributed by atoms with Crippen molar-refractivity contribution >= 4 is 23.3 Å². The lowest BCUT2D eigenvalue weighted by Crippen LogP contribution is -2.28. The molecular formula is C24H21N3O8. The van der Waals surface area contributed by atoms with E-state index in [1.54, 1.807) is 12.1 Å². The summed E-state index contributed by atoms with van der Waals surface area (Å²) >= 11 is 0. The Balaban J connectivity index is 1.34. The minimum Gasteiger partial charge on any atom is -0.492 e. The van der Waals surface area contributed by atoms with Crippen LogP contribution in [-0.4, -0.2) is 47.4 Å².